The van der Waals surface area contributed by atoms with Crippen molar-refractivity contribution in [1.29, 1.82) is 0 Å². The second kappa shape index (κ2) is 6.43. The van der Waals surface area contributed by atoms with Gasteiger partial charge in [-0.15, -0.1) is 0 Å². The normalized spacial score (nSPS) is 17.7. The van der Waals surface area contributed by atoms with E-state index in [-0.39, 0.29) is 11.1 Å². The molecule has 2 amide bonds. The van der Waals surface area contributed by atoms with Crippen LogP contribution in [0.25, 0.3) is 0 Å². The molecule has 0 spiro atoms. The maximum absolute atomic E-state index is 12.6. The van der Waals surface area contributed by atoms with Crippen molar-refractivity contribution in [2.24, 2.45) is 0 Å². The molecule has 3 rings (SSSR count). The molecule has 0 aromatic heterocycles. The molecule has 0 radical (unpaired) electrons. The van der Waals surface area contributed by atoms with Gasteiger partial charge in [-0.25, -0.2) is 4.90 Å². The average molecular weight is 367 g/mol. The van der Waals surface area contributed by atoms with Crippen LogP contribution >= 0.6 is 35.0 Å². The number of amides is 2. The molecule has 1 N–H and O–H groups in total. The lowest BCUT2D eigenvalue weighted by Gasteiger charge is -2.16. The maximum atomic E-state index is 12.6. The number of carbonyl (C=O) groups is 2. The third-order valence-electron chi connectivity index (χ3n) is 3.38. The minimum atomic E-state index is -0.763. The van der Waals surface area contributed by atoms with Crippen LogP contribution in [0.1, 0.15) is 5.56 Å². The average Bonchev–Trinajstić information content (AvgIpc) is 2.79. The predicted octanol–water partition coefficient (Wildman–Crippen LogP) is 4.94. The number of benzene rings is 2. The van der Waals surface area contributed by atoms with Gasteiger partial charge in [0.05, 0.1) is 21.4 Å². The molecule has 1 aliphatic rings. The molecule has 0 saturated carbocycles. The number of imide groups is 1. The topological polar surface area (TPSA) is 49.4 Å². The van der Waals surface area contributed by atoms with Gasteiger partial charge in [-0.3, -0.25) is 9.59 Å². The number of anilines is 2. The number of thioether (sulfide) groups is 1. The lowest BCUT2D eigenvalue weighted by Crippen LogP contribution is -2.34. The van der Waals surface area contributed by atoms with E-state index in [1.807, 2.05) is 19.1 Å². The molecule has 1 atom stereocenters. The van der Waals surface area contributed by atoms with Crippen molar-refractivity contribution in [1.82, 2.24) is 0 Å². The number of nitrogens with one attached hydrogen (secondary N) is 1. The van der Waals surface area contributed by atoms with E-state index in [2.05, 4.69) is 5.32 Å². The molecule has 2 aromatic carbocycles. The van der Waals surface area contributed by atoms with E-state index in [1.165, 1.54) is 0 Å². The predicted molar refractivity (Wildman–Crippen MR) is 95.5 cm³/mol. The number of hydrogen-bond donors (Lipinski definition) is 1. The Labute approximate surface area is 147 Å². The van der Waals surface area contributed by atoms with Crippen LogP contribution in [0, 0.1) is 6.92 Å². The monoisotopic (exact) mass is 366 g/mol. The van der Waals surface area contributed by atoms with Crippen LogP contribution in [-0.2, 0) is 4.79 Å². The van der Waals surface area contributed by atoms with Crippen molar-refractivity contribution in [3.63, 3.8) is 0 Å². The smallest absolute Gasteiger partial charge is 0.295 e. The summed E-state index contributed by atoms with van der Waals surface area (Å²) in [4.78, 5) is 25.9. The molecule has 118 valence electrons. The van der Waals surface area contributed by atoms with Crippen LogP contribution in [0.5, 0.6) is 0 Å². The zero-order valence-corrected chi connectivity index (χ0v) is 14.4. The van der Waals surface area contributed by atoms with Crippen LogP contribution in [0.15, 0.2) is 42.5 Å². The number of hydrogen-bond acceptors (Lipinski definition) is 4. The zero-order chi connectivity index (χ0) is 16.6. The summed E-state index contributed by atoms with van der Waals surface area (Å²) in [6, 6.07) is 12.2. The molecular weight excluding hydrogens is 355 g/mol. The SMILES string of the molecule is Cc1ccc(N2C(=O)SC(Nc3c(Cl)cccc3Cl)C2=O)cc1. The van der Waals surface area contributed by atoms with Crippen molar-refractivity contribution >= 4 is 57.5 Å². The fourth-order valence-electron chi connectivity index (χ4n) is 2.20. The third kappa shape index (κ3) is 3.17. The van der Waals surface area contributed by atoms with Crippen molar-refractivity contribution in [2.75, 3.05) is 10.2 Å². The molecule has 1 fully saturated rings. The molecular formula is C16H12Cl2N2O2S. The first-order chi connectivity index (χ1) is 11.0. The Balaban J connectivity index is 1.85. The van der Waals surface area contributed by atoms with E-state index in [0.717, 1.165) is 22.2 Å². The minimum absolute atomic E-state index is 0.334. The molecule has 0 aliphatic carbocycles. The van der Waals surface area contributed by atoms with Gasteiger partial charge in [0.1, 0.15) is 0 Å². The quantitative estimate of drug-likeness (QED) is 0.835. The van der Waals surface area contributed by atoms with Gasteiger partial charge in [-0.2, -0.15) is 0 Å². The molecule has 4 nitrogen and oxygen atoms in total. The highest BCUT2D eigenvalue weighted by molar-refractivity contribution is 8.16. The summed E-state index contributed by atoms with van der Waals surface area (Å²) in [5.41, 5.74) is 2.05. The first kappa shape index (κ1) is 16.2. The highest BCUT2D eigenvalue weighted by Gasteiger charge is 2.41. The lowest BCUT2D eigenvalue weighted by atomic mass is 10.2. The van der Waals surface area contributed by atoms with Crippen LogP contribution in [0.2, 0.25) is 10.0 Å². The molecule has 2 aromatic rings. The summed E-state index contributed by atoms with van der Waals surface area (Å²) >= 11 is 13.1. The largest absolute Gasteiger partial charge is 0.363 e. The lowest BCUT2D eigenvalue weighted by molar-refractivity contribution is -0.116. The van der Waals surface area contributed by atoms with Crippen LogP contribution in [0.4, 0.5) is 16.2 Å². The fourth-order valence-corrected chi connectivity index (χ4v) is 3.59. The number of nitrogens with zero attached hydrogens (tertiary/aromatic N) is 1. The first-order valence-electron chi connectivity index (χ1n) is 6.79. The van der Waals surface area contributed by atoms with E-state index in [1.54, 1.807) is 30.3 Å². The molecule has 1 aliphatic heterocycles. The summed E-state index contributed by atoms with van der Waals surface area (Å²) < 4.78 is 0. The Morgan fingerprint density at radius 1 is 1.04 bits per heavy atom. The summed E-state index contributed by atoms with van der Waals surface area (Å²) in [5, 5.41) is 2.65. The van der Waals surface area contributed by atoms with Crippen LogP contribution in [0.3, 0.4) is 0 Å². The highest BCUT2D eigenvalue weighted by Crippen LogP contribution is 2.36. The van der Waals surface area contributed by atoms with Gasteiger partial charge in [0.2, 0.25) is 0 Å². The van der Waals surface area contributed by atoms with Gasteiger partial charge in [0.15, 0.2) is 5.37 Å². The van der Waals surface area contributed by atoms with Crippen molar-refractivity contribution in [3.8, 4) is 0 Å². The Hall–Kier alpha value is -1.69. The minimum Gasteiger partial charge on any atom is -0.363 e. The van der Waals surface area contributed by atoms with Crippen molar-refractivity contribution in [3.05, 3.63) is 58.1 Å². The summed E-state index contributed by atoms with van der Waals surface area (Å²) in [5.74, 6) is -0.347. The number of para-hydroxylation sites is 1. The molecule has 0 bridgehead atoms. The Bertz CT molecular complexity index is 760. The molecule has 7 heteroatoms. The second-order valence-corrected chi connectivity index (χ2v) is 6.88. The van der Waals surface area contributed by atoms with Gasteiger partial charge >= 0.3 is 0 Å². The van der Waals surface area contributed by atoms with Gasteiger partial charge in [-0.1, -0.05) is 47.0 Å². The van der Waals surface area contributed by atoms with Gasteiger partial charge < -0.3 is 5.32 Å². The number of rotatable bonds is 3. The van der Waals surface area contributed by atoms with E-state index in [0.29, 0.717) is 21.4 Å². The Morgan fingerprint density at radius 3 is 2.26 bits per heavy atom. The van der Waals surface area contributed by atoms with E-state index in [9.17, 15) is 9.59 Å². The van der Waals surface area contributed by atoms with Crippen molar-refractivity contribution < 1.29 is 9.59 Å². The van der Waals surface area contributed by atoms with Crippen LogP contribution < -0.4 is 10.2 Å². The fraction of sp³-hybridized carbons (Fsp3) is 0.125. The van der Waals surface area contributed by atoms with E-state index in [4.69, 9.17) is 23.2 Å². The molecule has 23 heavy (non-hydrogen) atoms. The molecule has 1 saturated heterocycles. The number of aryl methyl sites for hydroxylation is 1. The molecule has 1 unspecified atom stereocenters. The first-order valence-corrected chi connectivity index (χ1v) is 8.43. The second-order valence-electron chi connectivity index (χ2n) is 5.01. The zero-order valence-electron chi connectivity index (χ0n) is 12.0. The number of halogens is 2. The standard InChI is InChI=1S/C16H12Cl2N2O2S/c1-9-5-7-10(8-6-9)20-15(21)14(23-16(20)22)19-13-11(17)3-2-4-12(13)18/h2-8,14,19H,1H3. The summed E-state index contributed by atoms with van der Waals surface area (Å²) in [6.45, 7) is 1.94. The molecule has 1 heterocycles. The highest BCUT2D eigenvalue weighted by atomic mass is 35.5. The Morgan fingerprint density at radius 2 is 1.65 bits per heavy atom. The summed E-state index contributed by atoms with van der Waals surface area (Å²) in [7, 11) is 0. The van der Waals surface area contributed by atoms with Gasteiger partial charge in [0.25, 0.3) is 11.1 Å². The number of carbonyl (C=O) groups excluding carboxylic acids is 2. The van der Waals surface area contributed by atoms with Gasteiger partial charge in [0, 0.05) is 0 Å². The van der Waals surface area contributed by atoms with Gasteiger partial charge in [-0.05, 0) is 43.0 Å². The third-order valence-corrected chi connectivity index (χ3v) is 4.95. The summed E-state index contributed by atoms with van der Waals surface area (Å²) in [6.07, 6.45) is 0. The Kier molecular flexibility index (Phi) is 4.53. The van der Waals surface area contributed by atoms with Crippen LogP contribution in [-0.4, -0.2) is 16.5 Å². The maximum Gasteiger partial charge on any atom is 0.295 e. The van der Waals surface area contributed by atoms with E-state index >= 15 is 0 Å². The van der Waals surface area contributed by atoms with E-state index < -0.39 is 5.37 Å². The van der Waals surface area contributed by atoms with Crippen molar-refractivity contribution in [2.45, 2.75) is 12.3 Å².